The zero-order valence-corrected chi connectivity index (χ0v) is 19.9. The highest BCUT2D eigenvalue weighted by molar-refractivity contribution is 7.89. The van der Waals surface area contributed by atoms with Gasteiger partial charge in [-0.3, -0.25) is 0 Å². The number of thiazole rings is 1. The number of nitrogens with one attached hydrogen (secondary N) is 1. The number of benzene rings is 2. The van der Waals surface area contributed by atoms with Gasteiger partial charge in [-0.25, -0.2) is 13.4 Å². The molecule has 1 N–H and O–H groups in total. The maximum absolute atomic E-state index is 12.9. The van der Waals surface area contributed by atoms with Crippen molar-refractivity contribution < 1.29 is 12.9 Å². The summed E-state index contributed by atoms with van der Waals surface area (Å²) in [5, 5.41) is 7.11. The standard InChI is InChI=1S/C23H24N4O3S2/c1-14(2)21(27-32(28,29)19-11-5-15(3)6-12-19)23-25-22(26-30-23)18-9-7-17(8-10-18)20-13-31-16(4)24-20/h5-14,21,27H,1-4H3/t21-/m0/s1. The number of aromatic nitrogens is 3. The number of hydrogen-bond donors (Lipinski definition) is 1. The summed E-state index contributed by atoms with van der Waals surface area (Å²) in [4.78, 5) is 9.18. The Morgan fingerprint density at radius 2 is 1.59 bits per heavy atom. The monoisotopic (exact) mass is 468 g/mol. The van der Waals surface area contributed by atoms with Crippen LogP contribution in [0.15, 0.2) is 63.3 Å². The molecule has 4 rings (SSSR count). The molecule has 0 radical (unpaired) electrons. The first-order valence-electron chi connectivity index (χ1n) is 10.2. The van der Waals surface area contributed by atoms with Gasteiger partial charge in [0.2, 0.25) is 21.7 Å². The molecular formula is C23H24N4O3S2. The molecule has 0 fully saturated rings. The summed E-state index contributed by atoms with van der Waals surface area (Å²) in [5.74, 6) is 0.532. The fourth-order valence-electron chi connectivity index (χ4n) is 3.19. The van der Waals surface area contributed by atoms with Gasteiger partial charge < -0.3 is 4.52 Å². The second-order valence-corrected chi connectivity index (χ2v) is 10.7. The minimum absolute atomic E-state index is 0.0983. The third kappa shape index (κ3) is 4.79. The predicted octanol–water partition coefficient (Wildman–Crippen LogP) is 5.15. The first kappa shape index (κ1) is 22.3. The lowest BCUT2D eigenvalue weighted by atomic mass is 10.1. The topological polar surface area (TPSA) is 98.0 Å². The van der Waals surface area contributed by atoms with Crippen LogP contribution in [0.1, 0.15) is 36.4 Å². The van der Waals surface area contributed by atoms with Crippen molar-refractivity contribution in [2.24, 2.45) is 5.92 Å². The van der Waals surface area contributed by atoms with Crippen molar-refractivity contribution in [2.75, 3.05) is 0 Å². The SMILES string of the molecule is Cc1ccc(S(=O)(=O)N[C@H](c2nc(-c3ccc(-c4csc(C)n4)cc3)no2)C(C)C)cc1. The molecule has 0 aliphatic heterocycles. The molecular weight excluding hydrogens is 444 g/mol. The lowest BCUT2D eigenvalue weighted by molar-refractivity contribution is 0.311. The van der Waals surface area contributed by atoms with Crippen molar-refractivity contribution in [2.45, 2.75) is 38.6 Å². The van der Waals surface area contributed by atoms with Gasteiger partial charge >= 0.3 is 0 Å². The van der Waals surface area contributed by atoms with Gasteiger partial charge in [-0.1, -0.05) is 61.0 Å². The second-order valence-electron chi connectivity index (χ2n) is 7.94. The number of hydrogen-bond acceptors (Lipinski definition) is 7. The number of nitrogens with zero attached hydrogens (tertiary/aromatic N) is 3. The molecule has 0 spiro atoms. The minimum atomic E-state index is -3.74. The van der Waals surface area contributed by atoms with E-state index in [4.69, 9.17) is 4.52 Å². The van der Waals surface area contributed by atoms with Crippen LogP contribution < -0.4 is 4.72 Å². The van der Waals surface area contributed by atoms with Crippen molar-refractivity contribution in [1.29, 1.82) is 0 Å². The largest absolute Gasteiger partial charge is 0.337 e. The summed E-state index contributed by atoms with van der Waals surface area (Å²) in [6, 6.07) is 13.8. The summed E-state index contributed by atoms with van der Waals surface area (Å²) in [5.41, 5.74) is 3.70. The van der Waals surface area contributed by atoms with Crippen molar-refractivity contribution in [3.63, 3.8) is 0 Å². The van der Waals surface area contributed by atoms with Crippen molar-refractivity contribution in [3.05, 3.63) is 70.4 Å². The lowest BCUT2D eigenvalue weighted by Crippen LogP contribution is -2.32. The number of aryl methyl sites for hydroxylation is 2. The second kappa shape index (κ2) is 8.93. The summed E-state index contributed by atoms with van der Waals surface area (Å²) >= 11 is 1.61. The molecule has 0 saturated heterocycles. The summed E-state index contributed by atoms with van der Waals surface area (Å²) in [7, 11) is -3.74. The first-order chi connectivity index (χ1) is 15.2. The first-order valence-corrected chi connectivity index (χ1v) is 12.5. The Bertz CT molecular complexity index is 1310. The Kier molecular flexibility index (Phi) is 6.23. The van der Waals surface area contributed by atoms with E-state index in [1.165, 1.54) is 0 Å². The third-order valence-corrected chi connectivity index (χ3v) is 7.28. The van der Waals surface area contributed by atoms with Crippen LogP contribution in [0.2, 0.25) is 0 Å². The quantitative estimate of drug-likeness (QED) is 0.403. The fourth-order valence-corrected chi connectivity index (χ4v) is 5.15. The lowest BCUT2D eigenvalue weighted by Gasteiger charge is -2.18. The van der Waals surface area contributed by atoms with Crippen LogP contribution in [0.3, 0.4) is 0 Å². The normalized spacial score (nSPS) is 12.9. The molecule has 0 unspecified atom stereocenters. The minimum Gasteiger partial charge on any atom is -0.337 e. The van der Waals surface area contributed by atoms with Crippen LogP contribution in [0.25, 0.3) is 22.6 Å². The highest BCUT2D eigenvalue weighted by Crippen LogP contribution is 2.28. The predicted molar refractivity (Wildman–Crippen MR) is 125 cm³/mol. The molecule has 1 atom stereocenters. The Hall–Kier alpha value is -2.88. The van der Waals surface area contributed by atoms with Crippen LogP contribution in [-0.2, 0) is 10.0 Å². The van der Waals surface area contributed by atoms with Gasteiger partial charge in [0.05, 0.1) is 15.6 Å². The van der Waals surface area contributed by atoms with Gasteiger partial charge in [0.1, 0.15) is 6.04 Å². The van der Waals surface area contributed by atoms with Crippen molar-refractivity contribution >= 4 is 21.4 Å². The number of sulfonamides is 1. The molecule has 32 heavy (non-hydrogen) atoms. The van der Waals surface area contributed by atoms with Crippen molar-refractivity contribution in [3.8, 4) is 22.6 Å². The zero-order chi connectivity index (χ0) is 22.9. The van der Waals surface area contributed by atoms with E-state index in [-0.39, 0.29) is 16.7 Å². The molecule has 166 valence electrons. The molecule has 2 aromatic heterocycles. The van der Waals surface area contributed by atoms with E-state index in [0.29, 0.717) is 5.82 Å². The van der Waals surface area contributed by atoms with Gasteiger partial charge in [-0.05, 0) is 31.9 Å². The van der Waals surface area contributed by atoms with E-state index < -0.39 is 16.1 Å². The highest BCUT2D eigenvalue weighted by Gasteiger charge is 2.28. The summed E-state index contributed by atoms with van der Waals surface area (Å²) < 4.78 is 33.9. The molecule has 2 aromatic carbocycles. The molecule has 2 heterocycles. The van der Waals surface area contributed by atoms with Gasteiger partial charge in [0.15, 0.2) is 0 Å². The van der Waals surface area contributed by atoms with Crippen LogP contribution in [0.4, 0.5) is 0 Å². The average Bonchev–Trinajstić information content (AvgIpc) is 3.42. The highest BCUT2D eigenvalue weighted by atomic mass is 32.2. The van der Waals surface area contributed by atoms with E-state index in [9.17, 15) is 8.42 Å². The average molecular weight is 469 g/mol. The molecule has 4 aromatic rings. The smallest absolute Gasteiger partial charge is 0.245 e. The Morgan fingerprint density at radius 1 is 0.938 bits per heavy atom. The Balaban J connectivity index is 1.56. The third-order valence-electron chi connectivity index (χ3n) is 5.05. The van der Waals surface area contributed by atoms with Crippen LogP contribution >= 0.6 is 11.3 Å². The molecule has 0 aliphatic rings. The van der Waals surface area contributed by atoms with E-state index in [2.05, 4.69) is 19.8 Å². The van der Waals surface area contributed by atoms with Gasteiger partial charge in [-0.15, -0.1) is 11.3 Å². The summed E-state index contributed by atoms with van der Waals surface area (Å²) in [6.45, 7) is 7.68. The molecule has 9 heteroatoms. The van der Waals surface area contributed by atoms with Crippen LogP contribution in [0, 0.1) is 19.8 Å². The van der Waals surface area contributed by atoms with Crippen LogP contribution in [-0.4, -0.2) is 23.5 Å². The van der Waals surface area contributed by atoms with E-state index in [1.54, 1.807) is 35.6 Å². The Labute approximate surface area is 191 Å². The Morgan fingerprint density at radius 3 is 2.19 bits per heavy atom. The van der Waals surface area contributed by atoms with Gasteiger partial charge in [0.25, 0.3) is 0 Å². The maximum Gasteiger partial charge on any atom is 0.245 e. The molecule has 0 bridgehead atoms. The summed E-state index contributed by atoms with van der Waals surface area (Å²) in [6.07, 6.45) is 0. The van der Waals surface area contributed by atoms with Crippen molar-refractivity contribution in [1.82, 2.24) is 19.8 Å². The molecule has 7 nitrogen and oxygen atoms in total. The molecule has 0 saturated carbocycles. The van der Waals surface area contributed by atoms with E-state index in [1.807, 2.05) is 57.3 Å². The van der Waals surface area contributed by atoms with Crippen LogP contribution in [0.5, 0.6) is 0 Å². The maximum atomic E-state index is 12.9. The fraction of sp³-hybridized carbons (Fsp3) is 0.261. The number of rotatable bonds is 7. The van der Waals surface area contributed by atoms with Gasteiger partial charge in [0, 0.05) is 16.5 Å². The zero-order valence-electron chi connectivity index (χ0n) is 18.2. The van der Waals surface area contributed by atoms with Gasteiger partial charge in [-0.2, -0.15) is 9.71 Å². The molecule has 0 aliphatic carbocycles. The van der Waals surface area contributed by atoms with E-state index in [0.717, 1.165) is 27.4 Å². The molecule has 0 amide bonds. The van der Waals surface area contributed by atoms with E-state index >= 15 is 0 Å².